The number of methoxy groups -OCH3 is 1. The van der Waals surface area contributed by atoms with Gasteiger partial charge in [0.15, 0.2) is 18.1 Å². The van der Waals surface area contributed by atoms with Crippen LogP contribution in [0.5, 0.6) is 11.5 Å². The van der Waals surface area contributed by atoms with Gasteiger partial charge >= 0.3 is 5.97 Å². The molecule has 160 valence electrons. The van der Waals surface area contributed by atoms with E-state index in [-0.39, 0.29) is 19.1 Å². The van der Waals surface area contributed by atoms with Crippen molar-refractivity contribution < 1.29 is 23.8 Å². The molecule has 0 aliphatic heterocycles. The molecule has 0 aromatic heterocycles. The molecule has 1 amide bonds. The van der Waals surface area contributed by atoms with Crippen molar-refractivity contribution in [2.75, 3.05) is 13.7 Å². The quantitative estimate of drug-likeness (QED) is 0.530. The van der Waals surface area contributed by atoms with E-state index in [9.17, 15) is 9.59 Å². The minimum Gasteiger partial charge on any atom is -0.493 e. The Bertz CT molecular complexity index is 1020. The van der Waals surface area contributed by atoms with Crippen LogP contribution in [0.4, 0.5) is 0 Å². The lowest BCUT2D eigenvalue weighted by atomic mass is 10.1. The Balaban J connectivity index is 1.48. The zero-order valence-electron chi connectivity index (χ0n) is 17.6. The third-order valence-electron chi connectivity index (χ3n) is 4.58. The number of ether oxygens (including phenoxy) is 3. The number of hydrogen-bond acceptors (Lipinski definition) is 5. The van der Waals surface area contributed by atoms with Crippen LogP contribution in [0.3, 0.4) is 0 Å². The Morgan fingerprint density at radius 1 is 0.871 bits per heavy atom. The lowest BCUT2D eigenvalue weighted by molar-refractivity contribution is -0.124. The number of amides is 1. The highest BCUT2D eigenvalue weighted by molar-refractivity contribution is 5.91. The monoisotopic (exact) mass is 419 g/mol. The van der Waals surface area contributed by atoms with Crippen molar-refractivity contribution in [3.8, 4) is 11.5 Å². The van der Waals surface area contributed by atoms with Crippen LogP contribution >= 0.6 is 0 Å². The van der Waals surface area contributed by atoms with Gasteiger partial charge in [0, 0.05) is 6.54 Å². The molecule has 0 radical (unpaired) electrons. The van der Waals surface area contributed by atoms with Crippen molar-refractivity contribution in [3.05, 3.63) is 95.1 Å². The number of rotatable bonds is 9. The third-order valence-corrected chi connectivity index (χ3v) is 4.58. The van der Waals surface area contributed by atoms with Crippen LogP contribution in [0.1, 0.15) is 27.0 Å². The fraction of sp³-hybridized carbons (Fsp3) is 0.200. The summed E-state index contributed by atoms with van der Waals surface area (Å²) >= 11 is 0. The highest BCUT2D eigenvalue weighted by Gasteiger charge is 2.11. The van der Waals surface area contributed by atoms with Crippen LogP contribution in [0, 0.1) is 6.92 Å². The first-order chi connectivity index (χ1) is 15.0. The molecule has 0 unspecified atom stereocenters. The van der Waals surface area contributed by atoms with Gasteiger partial charge in [-0.3, -0.25) is 4.79 Å². The number of aryl methyl sites for hydroxylation is 1. The molecule has 3 aromatic carbocycles. The van der Waals surface area contributed by atoms with E-state index in [1.165, 1.54) is 0 Å². The third kappa shape index (κ3) is 6.60. The number of hydrogen-bond donors (Lipinski definition) is 1. The highest BCUT2D eigenvalue weighted by atomic mass is 16.5. The molecule has 6 nitrogen and oxygen atoms in total. The maximum atomic E-state index is 12.0. The van der Waals surface area contributed by atoms with Crippen molar-refractivity contribution in [1.82, 2.24) is 5.32 Å². The van der Waals surface area contributed by atoms with Gasteiger partial charge in [-0.25, -0.2) is 4.79 Å². The summed E-state index contributed by atoms with van der Waals surface area (Å²) in [5, 5.41) is 2.73. The van der Waals surface area contributed by atoms with Crippen LogP contribution < -0.4 is 14.8 Å². The summed E-state index contributed by atoms with van der Waals surface area (Å²) in [7, 11) is 1.57. The summed E-state index contributed by atoms with van der Waals surface area (Å²) in [6, 6.07) is 22.3. The Hall–Kier alpha value is -3.80. The van der Waals surface area contributed by atoms with Crippen LogP contribution in [-0.4, -0.2) is 25.6 Å². The number of nitrogens with one attached hydrogen (secondary N) is 1. The fourth-order valence-corrected chi connectivity index (χ4v) is 2.83. The molecule has 0 atom stereocenters. The molecule has 3 aromatic rings. The molecule has 3 rings (SSSR count). The SMILES string of the molecule is COc1cc(CNC(=O)COC(=O)c2ccc(C)cc2)ccc1OCc1ccccc1. The summed E-state index contributed by atoms with van der Waals surface area (Å²) in [6.07, 6.45) is 0. The van der Waals surface area contributed by atoms with Gasteiger partial charge in [-0.1, -0.05) is 54.1 Å². The summed E-state index contributed by atoms with van der Waals surface area (Å²) in [6.45, 7) is 2.29. The van der Waals surface area contributed by atoms with E-state index in [1.807, 2.05) is 55.5 Å². The molecular weight excluding hydrogens is 394 g/mol. The van der Waals surface area contributed by atoms with Crippen LogP contribution in [-0.2, 0) is 22.7 Å². The van der Waals surface area contributed by atoms with Crippen LogP contribution in [0.2, 0.25) is 0 Å². The maximum absolute atomic E-state index is 12.0. The molecule has 0 heterocycles. The second kappa shape index (κ2) is 10.8. The Morgan fingerprint density at radius 3 is 2.32 bits per heavy atom. The second-order valence-corrected chi connectivity index (χ2v) is 6.98. The average Bonchev–Trinajstić information content (AvgIpc) is 2.81. The molecule has 0 saturated carbocycles. The largest absolute Gasteiger partial charge is 0.493 e. The van der Waals surface area contributed by atoms with E-state index >= 15 is 0 Å². The Labute approximate surface area is 181 Å². The summed E-state index contributed by atoms with van der Waals surface area (Å²) in [5.74, 6) is 0.280. The molecule has 0 aliphatic carbocycles. The normalized spacial score (nSPS) is 10.3. The van der Waals surface area contributed by atoms with Gasteiger partial charge < -0.3 is 19.5 Å². The minimum atomic E-state index is -0.531. The molecule has 0 saturated heterocycles. The zero-order valence-corrected chi connectivity index (χ0v) is 17.6. The number of benzene rings is 3. The maximum Gasteiger partial charge on any atom is 0.338 e. The van der Waals surface area contributed by atoms with E-state index < -0.39 is 5.97 Å². The predicted molar refractivity (Wildman–Crippen MR) is 117 cm³/mol. The van der Waals surface area contributed by atoms with E-state index in [2.05, 4.69) is 5.32 Å². The van der Waals surface area contributed by atoms with Gasteiger partial charge in [-0.2, -0.15) is 0 Å². The molecule has 0 aliphatic rings. The first kappa shape index (κ1) is 21.9. The first-order valence-corrected chi connectivity index (χ1v) is 9.89. The molecular formula is C25H25NO5. The molecule has 0 fully saturated rings. The van der Waals surface area contributed by atoms with Crippen LogP contribution in [0.15, 0.2) is 72.8 Å². The zero-order chi connectivity index (χ0) is 22.1. The van der Waals surface area contributed by atoms with Gasteiger partial charge in [0.1, 0.15) is 6.61 Å². The topological polar surface area (TPSA) is 73.9 Å². The number of esters is 1. The predicted octanol–water partition coefficient (Wildman–Crippen LogP) is 4.06. The second-order valence-electron chi connectivity index (χ2n) is 6.98. The molecule has 6 heteroatoms. The molecule has 0 spiro atoms. The van der Waals surface area contributed by atoms with Gasteiger partial charge in [-0.15, -0.1) is 0 Å². The van der Waals surface area contributed by atoms with Gasteiger partial charge in [-0.05, 0) is 42.3 Å². The van der Waals surface area contributed by atoms with Gasteiger partial charge in [0.2, 0.25) is 0 Å². The van der Waals surface area contributed by atoms with E-state index in [0.29, 0.717) is 23.7 Å². The lowest BCUT2D eigenvalue weighted by Gasteiger charge is -2.13. The van der Waals surface area contributed by atoms with Gasteiger partial charge in [0.25, 0.3) is 5.91 Å². The summed E-state index contributed by atoms with van der Waals surface area (Å²) in [4.78, 5) is 24.0. The Morgan fingerprint density at radius 2 is 1.61 bits per heavy atom. The van der Waals surface area contributed by atoms with Crippen LogP contribution in [0.25, 0.3) is 0 Å². The van der Waals surface area contributed by atoms with Gasteiger partial charge in [0.05, 0.1) is 12.7 Å². The fourth-order valence-electron chi connectivity index (χ4n) is 2.83. The van der Waals surface area contributed by atoms with Crippen molar-refractivity contribution in [1.29, 1.82) is 0 Å². The Kier molecular flexibility index (Phi) is 7.65. The summed E-state index contributed by atoms with van der Waals surface area (Å²) < 4.78 is 16.3. The highest BCUT2D eigenvalue weighted by Crippen LogP contribution is 2.28. The molecule has 31 heavy (non-hydrogen) atoms. The molecule has 0 bridgehead atoms. The number of carbonyl (C=O) groups is 2. The smallest absolute Gasteiger partial charge is 0.338 e. The minimum absolute atomic E-state index is 0.274. The first-order valence-electron chi connectivity index (χ1n) is 9.89. The van der Waals surface area contributed by atoms with E-state index in [1.54, 1.807) is 31.4 Å². The van der Waals surface area contributed by atoms with E-state index in [4.69, 9.17) is 14.2 Å². The summed E-state index contributed by atoms with van der Waals surface area (Å²) in [5.41, 5.74) is 3.35. The lowest BCUT2D eigenvalue weighted by Crippen LogP contribution is -2.28. The van der Waals surface area contributed by atoms with Crippen molar-refractivity contribution in [2.24, 2.45) is 0 Å². The number of carbonyl (C=O) groups excluding carboxylic acids is 2. The average molecular weight is 419 g/mol. The standard InChI is InChI=1S/C25H25NO5/c1-18-8-11-21(12-9-18)25(28)31-17-24(27)26-15-20-10-13-22(23(14-20)29-2)30-16-19-6-4-3-5-7-19/h3-14H,15-17H2,1-2H3,(H,26,27). The van der Waals surface area contributed by atoms with Crippen molar-refractivity contribution in [2.45, 2.75) is 20.1 Å². The van der Waals surface area contributed by atoms with Crippen molar-refractivity contribution in [3.63, 3.8) is 0 Å². The van der Waals surface area contributed by atoms with E-state index in [0.717, 1.165) is 16.7 Å². The van der Waals surface area contributed by atoms with Crippen molar-refractivity contribution >= 4 is 11.9 Å². The molecule has 1 N–H and O–H groups in total.